The Labute approximate surface area is 290 Å². The molecule has 14 nitrogen and oxygen atoms in total. The van der Waals surface area contributed by atoms with E-state index in [2.05, 4.69) is 14.4 Å². The molecule has 1 saturated heterocycles. The molecule has 0 atom stereocenters. The molecular weight excluding hydrogens is 679 g/mol. The maximum absolute atomic E-state index is 5.94. The lowest BCUT2D eigenvalue weighted by Crippen LogP contribution is -2.53. The molecule has 0 spiro atoms. The molecule has 0 amide bonds. The summed E-state index contributed by atoms with van der Waals surface area (Å²) in [5.41, 5.74) is 0. The molecule has 1 fully saturated rings. The predicted octanol–water partition coefficient (Wildman–Crippen LogP) is 3.11. The van der Waals surface area contributed by atoms with E-state index in [4.69, 9.17) is 48.7 Å². The van der Waals surface area contributed by atoms with Gasteiger partial charge in [-0.15, -0.1) is 0 Å². The van der Waals surface area contributed by atoms with E-state index in [1.165, 1.54) is 0 Å². The first kappa shape index (κ1) is 45.3. The van der Waals surface area contributed by atoms with Crippen LogP contribution in [-0.2, 0) is 48.7 Å². The third-order valence-corrected chi connectivity index (χ3v) is 21.7. The van der Waals surface area contributed by atoms with Crippen molar-refractivity contribution in [3.8, 4) is 0 Å². The minimum Gasteiger partial charge on any atom is -0.386 e. The fourth-order valence-corrected chi connectivity index (χ4v) is 14.7. The number of rotatable bonds is 31. The molecule has 1 aliphatic heterocycles. The van der Waals surface area contributed by atoms with Gasteiger partial charge in [-0.25, -0.2) is 0 Å². The van der Waals surface area contributed by atoms with Crippen LogP contribution in [0.1, 0.15) is 38.5 Å². The van der Waals surface area contributed by atoms with E-state index >= 15 is 0 Å². The zero-order valence-electron chi connectivity index (χ0n) is 31.6. The summed E-state index contributed by atoms with van der Waals surface area (Å²) in [6, 6.07) is 3.34. The molecule has 1 heterocycles. The van der Waals surface area contributed by atoms with Crippen molar-refractivity contribution in [2.75, 3.05) is 131 Å². The van der Waals surface area contributed by atoms with E-state index in [0.717, 1.165) is 115 Å². The van der Waals surface area contributed by atoms with Gasteiger partial charge < -0.3 is 58.5 Å². The van der Waals surface area contributed by atoms with Crippen molar-refractivity contribution in [3.63, 3.8) is 0 Å². The molecule has 18 heteroatoms. The smallest absolute Gasteiger partial charge is 0.386 e. The van der Waals surface area contributed by atoms with E-state index in [9.17, 15) is 0 Å². The Hall–Kier alpha value is 0.308. The van der Waals surface area contributed by atoms with Gasteiger partial charge in [-0.3, -0.25) is 4.57 Å². The van der Waals surface area contributed by atoms with Gasteiger partial charge in [0.15, 0.2) is 0 Å². The lowest BCUT2D eigenvalue weighted by molar-refractivity contribution is 0.119. The molecule has 0 N–H and O–H groups in total. The highest BCUT2D eigenvalue weighted by Crippen LogP contribution is 2.27. The van der Waals surface area contributed by atoms with Crippen molar-refractivity contribution in [1.82, 2.24) is 14.4 Å². The molecule has 0 saturated carbocycles. The van der Waals surface area contributed by atoms with Crippen molar-refractivity contribution in [2.24, 2.45) is 0 Å². The van der Waals surface area contributed by atoms with Gasteiger partial charge in [0.05, 0.1) is 0 Å². The van der Waals surface area contributed by atoms with Gasteiger partial charge in [0.25, 0.3) is 0 Å². The Morgan fingerprint density at radius 1 is 0.468 bits per heavy atom. The van der Waals surface area contributed by atoms with Gasteiger partial charge in [-0.1, -0.05) is 0 Å². The molecule has 1 aliphatic rings. The Balaban J connectivity index is 2.90. The number of hydrogen-bond acceptors (Lipinski definition) is 14. The first-order valence-corrected chi connectivity index (χ1v) is 24.7. The highest BCUT2D eigenvalue weighted by molar-refractivity contribution is 6.65. The summed E-state index contributed by atoms with van der Waals surface area (Å²) in [5, 5.41) is 0. The maximum atomic E-state index is 5.94. The molecule has 0 aromatic heterocycles. The lowest BCUT2D eigenvalue weighted by atomic mass is 10.2. The summed E-state index contributed by atoms with van der Waals surface area (Å²) in [6.07, 6.45) is 6.03. The van der Waals surface area contributed by atoms with Crippen LogP contribution in [-0.4, -0.2) is 180 Å². The Morgan fingerprint density at radius 3 is 1.11 bits per heavy atom. The van der Waals surface area contributed by atoms with Crippen LogP contribution in [0.15, 0.2) is 0 Å². The topological polar surface area (TPSA) is 111 Å². The average molecular weight is 748 g/mol. The molecule has 47 heavy (non-hydrogen) atoms. The van der Waals surface area contributed by atoms with Gasteiger partial charge in [-0.2, -0.15) is 0 Å². The van der Waals surface area contributed by atoms with Crippen LogP contribution in [0, 0.1) is 0 Å². The van der Waals surface area contributed by atoms with Crippen LogP contribution >= 0.6 is 0 Å². The van der Waals surface area contributed by atoms with Gasteiger partial charge in [-0.05, 0) is 90.9 Å². The van der Waals surface area contributed by atoms with Crippen molar-refractivity contribution >= 4 is 35.1 Å². The number of hydrogen-bond donors (Lipinski definition) is 0. The van der Waals surface area contributed by atoms with Crippen LogP contribution in [0.5, 0.6) is 0 Å². The highest BCUT2D eigenvalue weighted by atomic mass is 28.4. The van der Waals surface area contributed by atoms with Gasteiger partial charge >= 0.3 is 35.1 Å². The minimum atomic E-state index is -2.63. The van der Waals surface area contributed by atoms with Crippen molar-refractivity contribution in [1.29, 1.82) is 0 Å². The monoisotopic (exact) mass is 747 g/mol. The van der Waals surface area contributed by atoms with Gasteiger partial charge in [0, 0.05) is 102 Å². The van der Waals surface area contributed by atoms with Crippen molar-refractivity contribution < 1.29 is 48.7 Å². The zero-order chi connectivity index (χ0) is 35.2. The Morgan fingerprint density at radius 2 is 0.787 bits per heavy atom. The zero-order valence-corrected chi connectivity index (χ0v) is 35.6. The molecule has 0 aliphatic carbocycles. The molecule has 0 aromatic carbocycles. The van der Waals surface area contributed by atoms with E-state index < -0.39 is 35.1 Å². The fourth-order valence-electron chi connectivity index (χ4n) is 6.55. The third kappa shape index (κ3) is 14.5. The molecular formula is C29H69N3O11Si4. The first-order valence-electron chi connectivity index (χ1n) is 16.9. The fraction of sp³-hybridized carbons (Fsp3) is 1.00. The van der Waals surface area contributed by atoms with Crippen molar-refractivity contribution in [2.45, 2.75) is 62.7 Å². The van der Waals surface area contributed by atoms with Gasteiger partial charge in [0.2, 0.25) is 0 Å². The quantitative estimate of drug-likeness (QED) is 0.0969. The molecule has 1 rings (SSSR count). The predicted molar refractivity (Wildman–Crippen MR) is 191 cm³/mol. The molecule has 282 valence electrons. The summed E-state index contributed by atoms with van der Waals surface area (Å²) >= 11 is 0. The Bertz CT molecular complexity index is 733. The van der Waals surface area contributed by atoms with E-state index in [1.807, 2.05) is 0 Å². The maximum Gasteiger partial charge on any atom is 0.500 e. The SMILES string of the molecule is CO[Si](CCCN(CCCN(CCC[Si](OC)(OC)OC)CCC[Si](OC)(OC)OC)CCCN1CCC[Si]1(OC)OC)(OC)OC. The third-order valence-electron chi connectivity index (χ3n) is 9.56. The summed E-state index contributed by atoms with van der Waals surface area (Å²) in [4.78, 5) is 5.10. The first-order chi connectivity index (χ1) is 22.6. The minimum absolute atomic E-state index is 0.764. The lowest BCUT2D eigenvalue weighted by Gasteiger charge is -2.33. The summed E-state index contributed by atoms with van der Waals surface area (Å²) in [6.45, 7) is 7.80. The van der Waals surface area contributed by atoms with Crippen LogP contribution in [0.25, 0.3) is 0 Å². The van der Waals surface area contributed by atoms with Gasteiger partial charge in [0.1, 0.15) is 0 Å². The van der Waals surface area contributed by atoms with E-state index in [1.54, 1.807) is 78.2 Å². The molecule has 0 radical (unpaired) electrons. The largest absolute Gasteiger partial charge is 0.500 e. The Kier molecular flexibility index (Phi) is 23.6. The standard InChI is InChI=1S/C29H69N3O11Si4/c1-33-44(34-2)26-17-25-32(44)24-13-20-30(21-14-27-45(35-3,36-4)37-5)18-12-19-31(22-15-28-46(38-6,39-7)40-8)23-16-29-47(41-9,42-10)43-11/h12-29H2,1-11H3. The van der Waals surface area contributed by atoms with E-state index in [-0.39, 0.29) is 0 Å². The van der Waals surface area contributed by atoms with Crippen molar-refractivity contribution in [3.05, 3.63) is 0 Å². The molecule has 0 unspecified atom stereocenters. The second-order valence-electron chi connectivity index (χ2n) is 11.8. The van der Waals surface area contributed by atoms with Crippen LogP contribution in [0.2, 0.25) is 24.2 Å². The van der Waals surface area contributed by atoms with Crippen LogP contribution in [0.4, 0.5) is 0 Å². The normalized spacial score (nSPS) is 16.3. The molecule has 0 aromatic rings. The van der Waals surface area contributed by atoms with Crippen LogP contribution < -0.4 is 0 Å². The number of nitrogens with zero attached hydrogens (tertiary/aromatic N) is 3. The second kappa shape index (κ2) is 24.5. The highest BCUT2D eigenvalue weighted by Gasteiger charge is 2.47. The van der Waals surface area contributed by atoms with Crippen LogP contribution in [0.3, 0.4) is 0 Å². The molecule has 0 bridgehead atoms. The summed E-state index contributed by atoms with van der Waals surface area (Å²) in [5.74, 6) is 0. The summed E-state index contributed by atoms with van der Waals surface area (Å²) < 4.78 is 65.5. The average Bonchev–Trinajstić information content (AvgIpc) is 3.53. The summed E-state index contributed by atoms with van der Waals surface area (Å²) in [7, 11) is 8.55. The van der Waals surface area contributed by atoms with E-state index in [0.29, 0.717) is 0 Å². The second-order valence-corrected chi connectivity index (χ2v) is 24.4.